The molecule has 0 saturated heterocycles. The zero-order valence-corrected chi connectivity index (χ0v) is 17.1. The van der Waals surface area contributed by atoms with Crippen LogP contribution >= 0.6 is 34.2 Å². The van der Waals surface area contributed by atoms with Gasteiger partial charge in [-0.3, -0.25) is 4.79 Å². The zero-order chi connectivity index (χ0) is 18.6. The van der Waals surface area contributed by atoms with E-state index in [0.29, 0.717) is 16.3 Å². The lowest BCUT2D eigenvalue weighted by atomic mass is 10.1. The Kier molecular flexibility index (Phi) is 6.29. The van der Waals surface area contributed by atoms with Crippen molar-refractivity contribution in [2.75, 3.05) is 5.32 Å². The van der Waals surface area contributed by atoms with Crippen molar-refractivity contribution in [1.29, 1.82) is 0 Å². The van der Waals surface area contributed by atoms with E-state index < -0.39 is 11.6 Å². The first kappa shape index (κ1) is 19.5. The summed E-state index contributed by atoms with van der Waals surface area (Å²) >= 11 is 8.07. The van der Waals surface area contributed by atoms with Crippen LogP contribution in [0.2, 0.25) is 5.02 Å². The van der Waals surface area contributed by atoms with Crippen LogP contribution in [0.4, 0.5) is 10.5 Å². The fourth-order valence-corrected chi connectivity index (χ4v) is 2.72. The van der Waals surface area contributed by atoms with Crippen molar-refractivity contribution in [3.63, 3.8) is 0 Å². The van der Waals surface area contributed by atoms with Gasteiger partial charge in [0.15, 0.2) is 0 Å². The summed E-state index contributed by atoms with van der Waals surface area (Å²) in [6.45, 7) is 5.53. The summed E-state index contributed by atoms with van der Waals surface area (Å²) in [5.41, 5.74) is 3.10. The zero-order valence-electron chi connectivity index (χ0n) is 14.1. The molecule has 0 fully saturated rings. The molecule has 0 unspecified atom stereocenters. The molecule has 0 saturated carbocycles. The lowest BCUT2D eigenvalue weighted by Crippen LogP contribution is -2.56. The molecule has 0 heterocycles. The van der Waals surface area contributed by atoms with Crippen LogP contribution in [0.15, 0.2) is 48.5 Å². The van der Waals surface area contributed by atoms with Crippen LogP contribution in [0.5, 0.6) is 0 Å². The Labute approximate surface area is 165 Å². The van der Waals surface area contributed by atoms with Gasteiger partial charge in [0, 0.05) is 14.2 Å². The van der Waals surface area contributed by atoms with Crippen molar-refractivity contribution in [2.24, 2.45) is 0 Å². The maximum atomic E-state index is 12.8. The molecule has 0 aliphatic carbocycles. The number of anilines is 1. The van der Waals surface area contributed by atoms with E-state index in [-0.39, 0.29) is 5.91 Å². The van der Waals surface area contributed by atoms with Gasteiger partial charge in [0.1, 0.15) is 0 Å². The average Bonchev–Trinajstić information content (AvgIpc) is 2.55. The predicted octanol–water partition coefficient (Wildman–Crippen LogP) is 4.92. The van der Waals surface area contributed by atoms with Crippen LogP contribution in [0.3, 0.4) is 0 Å². The van der Waals surface area contributed by atoms with Crippen LogP contribution in [0, 0.1) is 3.57 Å². The Morgan fingerprint density at radius 2 is 1.72 bits per heavy atom. The third kappa shape index (κ3) is 5.34. The summed E-state index contributed by atoms with van der Waals surface area (Å²) in [5.74, 6) is -0.288. The van der Waals surface area contributed by atoms with Crippen molar-refractivity contribution in [2.45, 2.75) is 26.3 Å². The van der Waals surface area contributed by atoms with Crippen LogP contribution in [0.25, 0.3) is 0 Å². The first-order valence-corrected chi connectivity index (χ1v) is 9.06. The molecule has 2 aromatic carbocycles. The monoisotopic (exact) mass is 471 g/mol. The van der Waals surface area contributed by atoms with E-state index in [2.05, 4.69) is 33.3 Å². The lowest BCUT2D eigenvalue weighted by Gasteiger charge is -2.35. The van der Waals surface area contributed by atoms with Crippen molar-refractivity contribution in [3.8, 4) is 0 Å². The molecule has 0 bridgehead atoms. The third-order valence-corrected chi connectivity index (χ3v) is 4.46. The molecule has 25 heavy (non-hydrogen) atoms. The van der Waals surface area contributed by atoms with Crippen LogP contribution in [0.1, 0.15) is 31.1 Å². The average molecular weight is 472 g/mol. The molecule has 0 atom stereocenters. The molecule has 132 valence electrons. The summed E-state index contributed by atoms with van der Waals surface area (Å²) in [5, 5.41) is 4.56. The molecule has 2 rings (SSSR count). The smallest absolute Gasteiger partial charge is 0.305 e. The van der Waals surface area contributed by atoms with E-state index >= 15 is 0 Å². The van der Waals surface area contributed by atoms with E-state index in [1.807, 2.05) is 26.8 Å². The van der Waals surface area contributed by atoms with E-state index in [4.69, 9.17) is 11.6 Å². The standard InChI is InChI=1S/C18H19ClIN3O2/c1-18(2,3)23(16(24)12-7-5-4-6-8-12)22-17(25)21-15-11-13(19)9-10-14(15)20/h4-11H,1-3H3,(H2,21,22,25). The Morgan fingerprint density at radius 3 is 2.32 bits per heavy atom. The summed E-state index contributed by atoms with van der Waals surface area (Å²) in [6, 6.07) is 13.5. The molecule has 0 aromatic heterocycles. The fourth-order valence-electron chi connectivity index (χ4n) is 2.08. The fraction of sp³-hybridized carbons (Fsp3) is 0.222. The number of nitrogens with zero attached hydrogens (tertiary/aromatic N) is 1. The van der Waals surface area contributed by atoms with Gasteiger partial charge in [0.2, 0.25) is 0 Å². The highest BCUT2D eigenvalue weighted by Gasteiger charge is 2.29. The first-order valence-electron chi connectivity index (χ1n) is 7.61. The maximum Gasteiger partial charge on any atom is 0.338 e. The van der Waals surface area contributed by atoms with Gasteiger partial charge >= 0.3 is 6.03 Å². The molecule has 0 aliphatic rings. The number of urea groups is 1. The molecule has 2 N–H and O–H groups in total. The Hall–Kier alpha value is -1.80. The predicted molar refractivity (Wildman–Crippen MR) is 109 cm³/mol. The normalized spacial score (nSPS) is 10.9. The largest absolute Gasteiger partial charge is 0.338 e. The van der Waals surface area contributed by atoms with Gasteiger partial charge in [-0.25, -0.2) is 15.2 Å². The van der Waals surface area contributed by atoms with Gasteiger partial charge in [0.25, 0.3) is 5.91 Å². The number of nitrogens with one attached hydrogen (secondary N) is 2. The summed E-state index contributed by atoms with van der Waals surface area (Å²) in [4.78, 5) is 25.2. The number of rotatable bonds is 2. The summed E-state index contributed by atoms with van der Waals surface area (Å²) in [6.07, 6.45) is 0. The van der Waals surface area contributed by atoms with Gasteiger partial charge in [-0.15, -0.1) is 0 Å². The minimum absolute atomic E-state index is 0.288. The van der Waals surface area contributed by atoms with E-state index in [1.165, 1.54) is 5.01 Å². The topological polar surface area (TPSA) is 61.4 Å². The van der Waals surface area contributed by atoms with Gasteiger partial charge in [-0.2, -0.15) is 0 Å². The molecule has 0 aliphatic heterocycles. The molecular formula is C18H19ClIN3O2. The molecule has 5 nitrogen and oxygen atoms in total. The minimum Gasteiger partial charge on any atom is -0.305 e. The SMILES string of the molecule is CC(C)(C)N(NC(=O)Nc1cc(Cl)ccc1I)C(=O)c1ccccc1. The summed E-state index contributed by atoms with van der Waals surface area (Å²) < 4.78 is 0.842. The highest BCUT2D eigenvalue weighted by Crippen LogP contribution is 2.23. The molecular weight excluding hydrogens is 453 g/mol. The molecule has 0 radical (unpaired) electrons. The third-order valence-electron chi connectivity index (χ3n) is 3.28. The summed E-state index contributed by atoms with van der Waals surface area (Å²) in [7, 11) is 0. The maximum absolute atomic E-state index is 12.8. The number of carbonyl (C=O) groups is 2. The van der Waals surface area contributed by atoms with Crippen molar-refractivity contribution >= 4 is 51.8 Å². The second kappa shape index (κ2) is 8.05. The van der Waals surface area contributed by atoms with E-state index in [9.17, 15) is 9.59 Å². The van der Waals surface area contributed by atoms with Gasteiger partial charge in [-0.05, 0) is 73.7 Å². The van der Waals surface area contributed by atoms with Gasteiger partial charge < -0.3 is 5.32 Å². The Balaban J connectivity index is 2.18. The Bertz CT molecular complexity index is 776. The number of amides is 3. The van der Waals surface area contributed by atoms with Crippen LogP contribution in [-0.2, 0) is 0 Å². The number of carbonyl (C=O) groups excluding carboxylic acids is 2. The number of hydrogen-bond donors (Lipinski definition) is 2. The number of hydrazine groups is 1. The Morgan fingerprint density at radius 1 is 1.08 bits per heavy atom. The number of hydrogen-bond acceptors (Lipinski definition) is 2. The quantitative estimate of drug-likeness (QED) is 0.482. The van der Waals surface area contributed by atoms with Crippen molar-refractivity contribution in [3.05, 3.63) is 62.7 Å². The molecule has 0 spiro atoms. The number of halogens is 2. The van der Waals surface area contributed by atoms with E-state index in [1.54, 1.807) is 42.5 Å². The second-order valence-corrected chi connectivity index (χ2v) is 7.97. The lowest BCUT2D eigenvalue weighted by molar-refractivity contribution is 0.0460. The van der Waals surface area contributed by atoms with Gasteiger partial charge in [-0.1, -0.05) is 29.8 Å². The molecule has 2 aromatic rings. The van der Waals surface area contributed by atoms with E-state index in [0.717, 1.165) is 3.57 Å². The van der Waals surface area contributed by atoms with Crippen LogP contribution < -0.4 is 10.7 Å². The number of benzene rings is 2. The highest BCUT2D eigenvalue weighted by atomic mass is 127. The van der Waals surface area contributed by atoms with Crippen LogP contribution in [-0.4, -0.2) is 22.5 Å². The van der Waals surface area contributed by atoms with Crippen molar-refractivity contribution < 1.29 is 9.59 Å². The highest BCUT2D eigenvalue weighted by molar-refractivity contribution is 14.1. The first-order chi connectivity index (χ1) is 11.7. The molecule has 3 amide bonds. The second-order valence-electron chi connectivity index (χ2n) is 6.37. The van der Waals surface area contributed by atoms with Gasteiger partial charge in [0.05, 0.1) is 11.2 Å². The minimum atomic E-state index is -0.605. The van der Waals surface area contributed by atoms with Crippen molar-refractivity contribution in [1.82, 2.24) is 10.4 Å². The molecule has 7 heteroatoms.